The highest BCUT2D eigenvalue weighted by Crippen LogP contribution is 2.18. The van der Waals surface area contributed by atoms with E-state index in [9.17, 15) is 4.79 Å². The number of carbonyl (C=O) groups excluding carboxylic acids is 1. The van der Waals surface area contributed by atoms with E-state index in [4.69, 9.17) is 8.94 Å². The van der Waals surface area contributed by atoms with Crippen LogP contribution in [0.2, 0.25) is 0 Å². The minimum atomic E-state index is 0.235. The smallest absolute Gasteiger partial charge is 0.223 e. The van der Waals surface area contributed by atoms with Crippen molar-refractivity contribution in [2.75, 3.05) is 20.1 Å². The molecule has 1 atom stereocenters. The minimum absolute atomic E-state index is 0.235. The van der Waals surface area contributed by atoms with E-state index in [2.05, 4.69) is 22.1 Å². The van der Waals surface area contributed by atoms with E-state index < -0.39 is 0 Å². The summed E-state index contributed by atoms with van der Waals surface area (Å²) in [7, 11) is 2.09. The normalized spacial score (nSPS) is 18.5. The fraction of sp³-hybridized carbons (Fsp3) is 0.611. The second-order valence-corrected chi connectivity index (χ2v) is 6.74. The predicted octanol–water partition coefficient (Wildman–Crippen LogP) is 2.42. The van der Waals surface area contributed by atoms with Gasteiger partial charge in [-0.3, -0.25) is 9.69 Å². The first-order valence-corrected chi connectivity index (χ1v) is 8.90. The Morgan fingerprint density at radius 3 is 3.00 bits per heavy atom. The summed E-state index contributed by atoms with van der Waals surface area (Å²) < 4.78 is 10.1. The second kappa shape index (κ2) is 8.29. The highest BCUT2D eigenvalue weighted by molar-refractivity contribution is 5.76. The number of amides is 1. The molecule has 2 aromatic rings. The number of aromatic nitrogens is 2. The summed E-state index contributed by atoms with van der Waals surface area (Å²) in [6, 6.07) is 2.35. The molecule has 0 saturated carbocycles. The SMILES string of the molecule is Cc1nc(CN(C)[C@@H]2CCCN(C(=O)CCc3ccoc3)CC2)no1. The molecule has 1 amide bonds. The Hall–Kier alpha value is -2.15. The molecule has 0 unspecified atom stereocenters. The summed E-state index contributed by atoms with van der Waals surface area (Å²) in [5.41, 5.74) is 1.08. The minimum Gasteiger partial charge on any atom is -0.472 e. The van der Waals surface area contributed by atoms with Crippen molar-refractivity contribution < 1.29 is 13.7 Å². The summed E-state index contributed by atoms with van der Waals surface area (Å²) >= 11 is 0. The fourth-order valence-electron chi connectivity index (χ4n) is 3.37. The molecule has 2 aromatic heterocycles. The van der Waals surface area contributed by atoms with Gasteiger partial charge < -0.3 is 13.8 Å². The van der Waals surface area contributed by atoms with Crippen LogP contribution in [0.25, 0.3) is 0 Å². The molecule has 0 spiro atoms. The molecule has 7 nitrogen and oxygen atoms in total. The number of rotatable bonds is 6. The lowest BCUT2D eigenvalue weighted by atomic mass is 10.1. The second-order valence-electron chi connectivity index (χ2n) is 6.74. The first-order valence-electron chi connectivity index (χ1n) is 8.90. The van der Waals surface area contributed by atoms with E-state index in [-0.39, 0.29) is 5.91 Å². The molecule has 25 heavy (non-hydrogen) atoms. The summed E-state index contributed by atoms with van der Waals surface area (Å²) in [4.78, 5) is 21.0. The monoisotopic (exact) mass is 346 g/mol. The van der Waals surface area contributed by atoms with E-state index in [1.165, 1.54) is 0 Å². The first kappa shape index (κ1) is 17.7. The van der Waals surface area contributed by atoms with E-state index >= 15 is 0 Å². The molecule has 3 rings (SSSR count). The van der Waals surface area contributed by atoms with Crippen molar-refractivity contribution in [2.24, 2.45) is 0 Å². The first-order chi connectivity index (χ1) is 12.1. The molecule has 136 valence electrons. The lowest BCUT2D eigenvalue weighted by molar-refractivity contribution is -0.131. The van der Waals surface area contributed by atoms with Crippen molar-refractivity contribution in [2.45, 2.75) is 51.6 Å². The Bertz CT molecular complexity index is 668. The zero-order valence-corrected chi connectivity index (χ0v) is 15.0. The lowest BCUT2D eigenvalue weighted by Crippen LogP contribution is -2.35. The Labute approximate surface area is 148 Å². The van der Waals surface area contributed by atoms with Gasteiger partial charge in [0, 0.05) is 32.5 Å². The van der Waals surface area contributed by atoms with Crippen LogP contribution in [0.5, 0.6) is 0 Å². The van der Waals surface area contributed by atoms with Crippen molar-refractivity contribution in [3.63, 3.8) is 0 Å². The number of nitrogens with zero attached hydrogens (tertiary/aromatic N) is 4. The van der Waals surface area contributed by atoms with Gasteiger partial charge in [0.1, 0.15) is 0 Å². The van der Waals surface area contributed by atoms with E-state index in [1.807, 2.05) is 11.0 Å². The lowest BCUT2D eigenvalue weighted by Gasteiger charge is -2.26. The maximum Gasteiger partial charge on any atom is 0.223 e. The van der Waals surface area contributed by atoms with Crippen LogP contribution >= 0.6 is 0 Å². The summed E-state index contributed by atoms with van der Waals surface area (Å²) in [5.74, 6) is 1.55. The van der Waals surface area contributed by atoms with Crippen molar-refractivity contribution in [1.29, 1.82) is 0 Å². The van der Waals surface area contributed by atoms with Gasteiger partial charge in [0.2, 0.25) is 11.8 Å². The number of aryl methyl sites for hydroxylation is 2. The molecule has 0 N–H and O–H groups in total. The molecule has 1 fully saturated rings. The van der Waals surface area contributed by atoms with E-state index in [0.717, 1.165) is 50.2 Å². The van der Waals surface area contributed by atoms with Crippen molar-refractivity contribution in [3.05, 3.63) is 35.9 Å². The van der Waals surface area contributed by atoms with Gasteiger partial charge in [0.15, 0.2) is 5.82 Å². The Morgan fingerprint density at radius 2 is 2.28 bits per heavy atom. The average molecular weight is 346 g/mol. The Morgan fingerprint density at radius 1 is 1.40 bits per heavy atom. The molecule has 0 radical (unpaired) electrons. The topological polar surface area (TPSA) is 75.6 Å². The predicted molar refractivity (Wildman–Crippen MR) is 91.8 cm³/mol. The van der Waals surface area contributed by atoms with Gasteiger partial charge in [-0.05, 0) is 44.4 Å². The molecular weight excluding hydrogens is 320 g/mol. The molecule has 7 heteroatoms. The van der Waals surface area contributed by atoms with Gasteiger partial charge in [0.05, 0.1) is 19.1 Å². The Balaban J connectivity index is 1.46. The quantitative estimate of drug-likeness (QED) is 0.799. The number of furan rings is 1. The zero-order chi connectivity index (χ0) is 17.6. The molecule has 1 aliphatic rings. The van der Waals surface area contributed by atoms with Gasteiger partial charge in [-0.2, -0.15) is 4.98 Å². The third-order valence-corrected chi connectivity index (χ3v) is 4.84. The van der Waals surface area contributed by atoms with Crippen molar-refractivity contribution in [3.8, 4) is 0 Å². The van der Waals surface area contributed by atoms with Crippen LogP contribution in [-0.4, -0.2) is 52.0 Å². The third kappa shape index (κ3) is 4.92. The van der Waals surface area contributed by atoms with Crippen LogP contribution in [0.4, 0.5) is 0 Å². The fourth-order valence-corrected chi connectivity index (χ4v) is 3.37. The standard InChI is InChI=1S/C18H26N4O3/c1-14-19-17(20-25-14)12-21(2)16-4-3-9-22(10-7-16)18(23)6-5-15-8-11-24-13-15/h8,11,13,16H,3-7,9-10,12H2,1-2H3/t16-/m1/s1. The van der Waals surface area contributed by atoms with Gasteiger partial charge in [-0.25, -0.2) is 0 Å². The maximum absolute atomic E-state index is 12.5. The highest BCUT2D eigenvalue weighted by atomic mass is 16.5. The molecule has 0 aromatic carbocycles. The largest absolute Gasteiger partial charge is 0.472 e. The molecule has 0 aliphatic carbocycles. The van der Waals surface area contributed by atoms with Crippen molar-refractivity contribution in [1.82, 2.24) is 19.9 Å². The molecular formula is C18H26N4O3. The number of likely N-dealkylation sites (tertiary alicyclic amines) is 1. The van der Waals surface area contributed by atoms with Crippen LogP contribution in [0.3, 0.4) is 0 Å². The average Bonchev–Trinajstić information content (AvgIpc) is 3.18. The van der Waals surface area contributed by atoms with Gasteiger partial charge in [0.25, 0.3) is 0 Å². The maximum atomic E-state index is 12.5. The molecule has 0 bridgehead atoms. The number of hydrogen-bond acceptors (Lipinski definition) is 6. The molecule has 1 saturated heterocycles. The van der Waals surface area contributed by atoms with Crippen LogP contribution in [0, 0.1) is 6.92 Å². The zero-order valence-electron chi connectivity index (χ0n) is 15.0. The number of carbonyl (C=O) groups is 1. The summed E-state index contributed by atoms with van der Waals surface area (Å²) in [5, 5.41) is 3.97. The number of hydrogen-bond donors (Lipinski definition) is 0. The van der Waals surface area contributed by atoms with E-state index in [0.29, 0.717) is 24.9 Å². The Kier molecular flexibility index (Phi) is 5.86. The summed E-state index contributed by atoms with van der Waals surface area (Å²) in [6.07, 6.45) is 7.73. The van der Waals surface area contributed by atoms with Crippen LogP contribution in [0.15, 0.2) is 27.5 Å². The highest BCUT2D eigenvalue weighted by Gasteiger charge is 2.23. The van der Waals surface area contributed by atoms with E-state index in [1.54, 1.807) is 19.5 Å². The molecule has 1 aliphatic heterocycles. The van der Waals surface area contributed by atoms with Crippen LogP contribution < -0.4 is 0 Å². The van der Waals surface area contributed by atoms with Gasteiger partial charge >= 0.3 is 0 Å². The van der Waals surface area contributed by atoms with Gasteiger partial charge in [-0.15, -0.1) is 0 Å². The summed E-state index contributed by atoms with van der Waals surface area (Å²) in [6.45, 7) is 4.13. The van der Waals surface area contributed by atoms with Crippen LogP contribution in [-0.2, 0) is 17.8 Å². The third-order valence-electron chi connectivity index (χ3n) is 4.84. The molecule has 3 heterocycles. The van der Waals surface area contributed by atoms with Gasteiger partial charge in [-0.1, -0.05) is 5.16 Å². The van der Waals surface area contributed by atoms with Crippen molar-refractivity contribution >= 4 is 5.91 Å². The van der Waals surface area contributed by atoms with Crippen LogP contribution in [0.1, 0.15) is 43.0 Å².